The predicted octanol–water partition coefficient (Wildman–Crippen LogP) is 3.02. The first-order valence-corrected chi connectivity index (χ1v) is 7.26. The highest BCUT2D eigenvalue weighted by molar-refractivity contribution is 5.35. The van der Waals surface area contributed by atoms with Crippen molar-refractivity contribution in [2.24, 2.45) is 0 Å². The minimum atomic E-state index is 0.351. The summed E-state index contributed by atoms with van der Waals surface area (Å²) < 4.78 is 7.97. The second kappa shape index (κ2) is 7.70. The molecule has 4 nitrogen and oxygen atoms in total. The molecule has 0 fully saturated rings. The summed E-state index contributed by atoms with van der Waals surface area (Å²) >= 11 is 0. The van der Waals surface area contributed by atoms with E-state index in [-0.39, 0.29) is 0 Å². The number of nitrogens with zero attached hydrogens (tertiary/aromatic N) is 2. The molecule has 108 valence electrons. The van der Waals surface area contributed by atoms with E-state index in [2.05, 4.69) is 36.3 Å². The Morgan fingerprint density at radius 3 is 2.85 bits per heavy atom. The number of aromatic nitrogens is 2. The Hall–Kier alpha value is -1.81. The zero-order valence-corrected chi connectivity index (χ0v) is 12.2. The van der Waals surface area contributed by atoms with Gasteiger partial charge in [-0.1, -0.05) is 32.0 Å². The second-order valence-electron chi connectivity index (χ2n) is 4.71. The summed E-state index contributed by atoms with van der Waals surface area (Å²) in [7, 11) is 0. The average molecular weight is 273 g/mol. The number of benzene rings is 1. The van der Waals surface area contributed by atoms with Gasteiger partial charge in [0.25, 0.3) is 0 Å². The maximum absolute atomic E-state index is 5.95. The lowest BCUT2D eigenvalue weighted by Crippen LogP contribution is -2.21. The summed E-state index contributed by atoms with van der Waals surface area (Å²) in [5, 5.41) is 3.50. The van der Waals surface area contributed by atoms with Gasteiger partial charge in [0.1, 0.15) is 12.4 Å². The van der Waals surface area contributed by atoms with Crippen LogP contribution >= 0.6 is 0 Å². The van der Waals surface area contributed by atoms with Gasteiger partial charge in [-0.05, 0) is 19.0 Å². The van der Waals surface area contributed by atoms with Gasteiger partial charge < -0.3 is 14.6 Å². The Labute approximate surface area is 120 Å². The lowest BCUT2D eigenvalue weighted by molar-refractivity contribution is 0.291. The Kier molecular flexibility index (Phi) is 5.62. The number of rotatable bonds is 8. The van der Waals surface area contributed by atoms with Gasteiger partial charge in [0.15, 0.2) is 0 Å². The zero-order valence-electron chi connectivity index (χ0n) is 12.2. The van der Waals surface area contributed by atoms with Crippen molar-refractivity contribution in [3.8, 4) is 5.75 Å². The van der Waals surface area contributed by atoms with Crippen molar-refractivity contribution in [1.29, 1.82) is 0 Å². The first-order chi connectivity index (χ1) is 9.85. The summed E-state index contributed by atoms with van der Waals surface area (Å²) in [5.41, 5.74) is 1.24. The number of hydrogen-bond donors (Lipinski definition) is 1. The molecule has 2 aromatic rings. The smallest absolute Gasteiger partial charge is 0.124 e. The van der Waals surface area contributed by atoms with E-state index in [0.29, 0.717) is 12.6 Å². The van der Waals surface area contributed by atoms with Crippen LogP contribution in [0.25, 0.3) is 0 Å². The Morgan fingerprint density at radius 1 is 1.30 bits per heavy atom. The largest absolute Gasteiger partial charge is 0.491 e. The van der Waals surface area contributed by atoms with Crippen LogP contribution in [0.1, 0.15) is 31.9 Å². The van der Waals surface area contributed by atoms with E-state index < -0.39 is 0 Å². The Morgan fingerprint density at radius 2 is 2.15 bits per heavy atom. The molecule has 0 radical (unpaired) electrons. The molecule has 0 saturated heterocycles. The normalized spacial score (nSPS) is 12.3. The SMILES string of the molecule is CCNC(CC)c1ccccc1OCCn1ccnc1. The fourth-order valence-electron chi connectivity index (χ4n) is 2.30. The lowest BCUT2D eigenvalue weighted by atomic mass is 10.0. The van der Waals surface area contributed by atoms with E-state index >= 15 is 0 Å². The molecule has 1 unspecified atom stereocenters. The Balaban J connectivity index is 1.99. The van der Waals surface area contributed by atoms with Gasteiger partial charge in [0, 0.05) is 24.0 Å². The van der Waals surface area contributed by atoms with Gasteiger partial charge in [-0.2, -0.15) is 0 Å². The molecule has 0 amide bonds. The van der Waals surface area contributed by atoms with E-state index in [1.807, 2.05) is 29.2 Å². The van der Waals surface area contributed by atoms with Crippen LogP contribution in [0.4, 0.5) is 0 Å². The molecule has 1 atom stereocenters. The van der Waals surface area contributed by atoms with E-state index in [4.69, 9.17) is 4.74 Å². The first kappa shape index (κ1) is 14.6. The highest BCUT2D eigenvalue weighted by atomic mass is 16.5. The summed E-state index contributed by atoms with van der Waals surface area (Å²) in [6.45, 7) is 6.74. The van der Waals surface area contributed by atoms with Crippen LogP contribution in [-0.4, -0.2) is 22.7 Å². The third-order valence-corrected chi connectivity index (χ3v) is 3.32. The second-order valence-corrected chi connectivity index (χ2v) is 4.71. The van der Waals surface area contributed by atoms with Gasteiger partial charge >= 0.3 is 0 Å². The maximum atomic E-state index is 5.95. The van der Waals surface area contributed by atoms with Crippen LogP contribution < -0.4 is 10.1 Å². The van der Waals surface area contributed by atoms with Crippen LogP contribution in [0, 0.1) is 0 Å². The van der Waals surface area contributed by atoms with Crippen molar-refractivity contribution in [2.75, 3.05) is 13.2 Å². The molecule has 0 saturated carbocycles. The van der Waals surface area contributed by atoms with Crippen molar-refractivity contribution in [2.45, 2.75) is 32.9 Å². The van der Waals surface area contributed by atoms with Gasteiger partial charge in [-0.3, -0.25) is 0 Å². The molecule has 1 aromatic carbocycles. The third-order valence-electron chi connectivity index (χ3n) is 3.32. The highest BCUT2D eigenvalue weighted by Crippen LogP contribution is 2.27. The van der Waals surface area contributed by atoms with Crippen LogP contribution in [0.5, 0.6) is 5.75 Å². The number of ether oxygens (including phenoxy) is 1. The summed E-state index contributed by atoms with van der Waals surface area (Å²) in [5.74, 6) is 0.973. The minimum Gasteiger partial charge on any atom is -0.491 e. The average Bonchev–Trinajstić information content (AvgIpc) is 2.99. The van der Waals surface area contributed by atoms with E-state index in [0.717, 1.165) is 25.3 Å². The molecular weight excluding hydrogens is 250 g/mol. The molecular formula is C16H23N3O. The number of para-hydroxylation sites is 1. The topological polar surface area (TPSA) is 39.1 Å². The molecule has 2 rings (SSSR count). The van der Waals surface area contributed by atoms with Gasteiger partial charge in [-0.15, -0.1) is 0 Å². The van der Waals surface area contributed by atoms with Crippen LogP contribution in [0.3, 0.4) is 0 Å². The molecule has 1 N–H and O–H groups in total. The number of nitrogens with one attached hydrogen (secondary N) is 1. The molecule has 0 spiro atoms. The summed E-state index contributed by atoms with van der Waals surface area (Å²) in [6.07, 6.45) is 6.59. The van der Waals surface area contributed by atoms with Crippen LogP contribution in [0.15, 0.2) is 43.0 Å². The zero-order chi connectivity index (χ0) is 14.2. The van der Waals surface area contributed by atoms with Gasteiger partial charge in [-0.25, -0.2) is 4.98 Å². The highest BCUT2D eigenvalue weighted by Gasteiger charge is 2.12. The fourth-order valence-corrected chi connectivity index (χ4v) is 2.30. The van der Waals surface area contributed by atoms with Crippen LogP contribution in [-0.2, 0) is 6.54 Å². The van der Waals surface area contributed by atoms with Crippen molar-refractivity contribution in [3.05, 3.63) is 48.5 Å². The van der Waals surface area contributed by atoms with Crippen LogP contribution in [0.2, 0.25) is 0 Å². The summed E-state index contributed by atoms with van der Waals surface area (Å²) in [6, 6.07) is 8.63. The standard InChI is InChI=1S/C16H23N3O/c1-3-15(18-4-2)14-7-5-6-8-16(14)20-12-11-19-10-9-17-13-19/h5-10,13,15,18H,3-4,11-12H2,1-2H3. The number of hydrogen-bond acceptors (Lipinski definition) is 3. The third kappa shape index (κ3) is 3.84. The van der Waals surface area contributed by atoms with E-state index in [1.54, 1.807) is 6.20 Å². The molecule has 0 aliphatic rings. The van der Waals surface area contributed by atoms with Gasteiger partial charge in [0.05, 0.1) is 12.9 Å². The lowest BCUT2D eigenvalue weighted by Gasteiger charge is -2.20. The quantitative estimate of drug-likeness (QED) is 0.803. The predicted molar refractivity (Wildman–Crippen MR) is 80.9 cm³/mol. The monoisotopic (exact) mass is 273 g/mol. The van der Waals surface area contributed by atoms with Crippen molar-refractivity contribution in [1.82, 2.24) is 14.9 Å². The van der Waals surface area contributed by atoms with E-state index in [1.165, 1.54) is 5.56 Å². The molecule has 0 aliphatic carbocycles. The molecule has 1 aromatic heterocycles. The summed E-state index contributed by atoms with van der Waals surface area (Å²) in [4.78, 5) is 4.03. The maximum Gasteiger partial charge on any atom is 0.124 e. The fraction of sp³-hybridized carbons (Fsp3) is 0.438. The minimum absolute atomic E-state index is 0.351. The number of imidazole rings is 1. The Bertz CT molecular complexity index is 496. The first-order valence-electron chi connectivity index (χ1n) is 7.26. The van der Waals surface area contributed by atoms with Crippen molar-refractivity contribution < 1.29 is 4.74 Å². The molecule has 0 bridgehead atoms. The molecule has 1 heterocycles. The van der Waals surface area contributed by atoms with Crippen molar-refractivity contribution in [3.63, 3.8) is 0 Å². The van der Waals surface area contributed by atoms with Gasteiger partial charge in [0.2, 0.25) is 0 Å². The molecule has 0 aliphatic heterocycles. The van der Waals surface area contributed by atoms with E-state index in [9.17, 15) is 0 Å². The molecule has 20 heavy (non-hydrogen) atoms. The molecule has 4 heteroatoms. The van der Waals surface area contributed by atoms with Crippen molar-refractivity contribution >= 4 is 0 Å².